The SMILES string of the molecule is CCc1cc(C(=O)c2ccc(Cl)c(Cl)c2)c(NC(=O)CC(C)(C)CC(=O)O)s1.CCc1cc(C(=O)c2ccc(F)c(Cl)c2)c(NC(=O)CSCC(=O)O)s1. The third-order valence-electron chi connectivity index (χ3n) is 7.35. The molecule has 0 aliphatic rings. The number of benzene rings is 2. The summed E-state index contributed by atoms with van der Waals surface area (Å²) in [5.41, 5.74) is 0.564. The number of carboxylic acids is 2. The summed E-state index contributed by atoms with van der Waals surface area (Å²) in [7, 11) is 0. The van der Waals surface area contributed by atoms with Gasteiger partial charge >= 0.3 is 11.9 Å². The van der Waals surface area contributed by atoms with E-state index in [1.54, 1.807) is 38.1 Å². The highest BCUT2D eigenvalue weighted by atomic mass is 35.5. The molecule has 2 aromatic carbocycles. The largest absolute Gasteiger partial charge is 0.481 e. The van der Waals surface area contributed by atoms with E-state index in [1.807, 2.05) is 13.8 Å². The van der Waals surface area contributed by atoms with Crippen LogP contribution in [0.4, 0.5) is 14.4 Å². The third kappa shape index (κ3) is 13.2. The van der Waals surface area contributed by atoms with Gasteiger partial charge in [-0.25, -0.2) is 4.39 Å². The first-order chi connectivity index (χ1) is 25.3. The number of carboxylic acid groups (broad SMARTS) is 2. The Balaban J connectivity index is 0.000000291. The summed E-state index contributed by atoms with van der Waals surface area (Å²) in [6.45, 7) is 7.31. The van der Waals surface area contributed by atoms with Gasteiger partial charge in [0.05, 0.1) is 44.1 Å². The minimum Gasteiger partial charge on any atom is -0.481 e. The lowest BCUT2D eigenvalue weighted by Gasteiger charge is -2.21. The van der Waals surface area contributed by atoms with E-state index in [4.69, 9.17) is 45.0 Å². The van der Waals surface area contributed by atoms with Crippen LogP contribution in [0, 0.1) is 11.2 Å². The van der Waals surface area contributed by atoms with E-state index >= 15 is 0 Å². The van der Waals surface area contributed by atoms with Crippen molar-refractivity contribution >= 4 is 115 Å². The number of nitrogens with one attached hydrogen (secondary N) is 2. The van der Waals surface area contributed by atoms with E-state index in [9.17, 15) is 33.2 Å². The number of carbonyl (C=O) groups excluding carboxylic acids is 4. The molecular weight excluding hydrogens is 822 g/mol. The monoisotopic (exact) mass is 856 g/mol. The van der Waals surface area contributed by atoms with Gasteiger partial charge in [0, 0.05) is 27.3 Å². The molecule has 0 unspecified atom stereocenters. The molecule has 54 heavy (non-hydrogen) atoms. The number of carbonyl (C=O) groups is 6. The predicted molar refractivity (Wildman–Crippen MR) is 215 cm³/mol. The average Bonchev–Trinajstić information content (AvgIpc) is 3.69. The molecule has 2 aromatic heterocycles. The summed E-state index contributed by atoms with van der Waals surface area (Å²) >= 11 is 21.2. The van der Waals surface area contributed by atoms with Crippen molar-refractivity contribution in [2.45, 2.75) is 53.4 Å². The second-order valence-corrected chi connectivity index (χ2v) is 16.9. The Hall–Kier alpha value is -3.79. The second kappa shape index (κ2) is 20.2. The molecule has 4 N–H and O–H groups in total. The number of hydrogen-bond acceptors (Lipinski definition) is 9. The van der Waals surface area contributed by atoms with Crippen LogP contribution < -0.4 is 10.6 Å². The van der Waals surface area contributed by atoms with Crippen LogP contribution in [0.3, 0.4) is 0 Å². The average molecular weight is 858 g/mol. The number of thiophene rings is 2. The molecule has 2 heterocycles. The van der Waals surface area contributed by atoms with E-state index in [1.165, 1.54) is 40.9 Å². The van der Waals surface area contributed by atoms with E-state index < -0.39 is 29.1 Å². The van der Waals surface area contributed by atoms with Gasteiger partial charge in [-0.2, -0.15) is 0 Å². The maximum Gasteiger partial charge on any atom is 0.313 e. The van der Waals surface area contributed by atoms with Crippen molar-refractivity contribution in [3.8, 4) is 0 Å². The van der Waals surface area contributed by atoms with Crippen molar-refractivity contribution in [2.75, 3.05) is 22.1 Å². The van der Waals surface area contributed by atoms with Gasteiger partial charge in [0.1, 0.15) is 15.8 Å². The van der Waals surface area contributed by atoms with Crippen LogP contribution in [-0.4, -0.2) is 57.0 Å². The predicted octanol–water partition coefficient (Wildman–Crippen LogP) is 9.77. The molecule has 4 aromatic rings. The van der Waals surface area contributed by atoms with Gasteiger partial charge in [0.15, 0.2) is 11.6 Å². The number of anilines is 2. The molecule has 0 spiro atoms. The molecule has 10 nitrogen and oxygen atoms in total. The second-order valence-electron chi connectivity index (χ2n) is 12.4. The van der Waals surface area contributed by atoms with Gasteiger partial charge in [-0.1, -0.05) is 62.5 Å². The summed E-state index contributed by atoms with van der Waals surface area (Å²) in [4.78, 5) is 73.5. The van der Waals surface area contributed by atoms with Crippen molar-refractivity contribution in [1.82, 2.24) is 0 Å². The maximum atomic E-state index is 13.3. The van der Waals surface area contributed by atoms with Crippen molar-refractivity contribution < 1.29 is 43.4 Å². The molecule has 0 aliphatic heterocycles. The number of aliphatic carboxylic acids is 2. The molecule has 17 heteroatoms. The standard InChI is InChI=1S/C20H21Cl2NO4S.C17H15ClFNO4S2/c1-4-12-8-13(18(27)11-5-6-14(21)15(22)7-11)19(28-12)23-16(24)9-20(2,3)10-17(25)26;1-2-10-6-11(16(24)9-3-4-13(19)12(18)5-9)17(26-10)20-14(21)7-25-8-15(22)23/h5-8H,4,9-10H2,1-3H3,(H,23,24)(H,25,26);3-6H,2,7-8H2,1H3,(H,20,21)(H,22,23). The number of halogens is 4. The first-order valence-electron chi connectivity index (χ1n) is 16.2. The van der Waals surface area contributed by atoms with Crippen molar-refractivity contribution in [3.63, 3.8) is 0 Å². The van der Waals surface area contributed by atoms with Crippen LogP contribution in [0.15, 0.2) is 48.5 Å². The highest BCUT2D eigenvalue weighted by Gasteiger charge is 2.27. The van der Waals surface area contributed by atoms with Crippen LogP contribution >= 0.6 is 69.2 Å². The van der Waals surface area contributed by atoms with Gasteiger partial charge < -0.3 is 20.8 Å². The zero-order valence-electron chi connectivity index (χ0n) is 29.4. The Morgan fingerprint density at radius 1 is 0.685 bits per heavy atom. The fourth-order valence-electron chi connectivity index (χ4n) is 4.81. The number of aryl methyl sites for hydroxylation is 2. The summed E-state index contributed by atoms with van der Waals surface area (Å²) in [5.74, 6) is -4.18. The molecule has 0 aliphatic carbocycles. The number of ketones is 2. The zero-order chi connectivity index (χ0) is 40.3. The lowest BCUT2D eigenvalue weighted by Crippen LogP contribution is -2.25. The number of thioether (sulfide) groups is 1. The first-order valence-corrected chi connectivity index (χ1v) is 20.1. The zero-order valence-corrected chi connectivity index (χ0v) is 34.2. The van der Waals surface area contributed by atoms with E-state index in [0.29, 0.717) is 44.6 Å². The van der Waals surface area contributed by atoms with Gasteiger partial charge in [-0.05, 0) is 66.8 Å². The molecule has 2 amide bonds. The molecule has 0 atom stereocenters. The number of rotatable bonds is 16. The van der Waals surface area contributed by atoms with E-state index in [-0.39, 0.29) is 57.4 Å². The van der Waals surface area contributed by atoms with Gasteiger partial charge in [-0.3, -0.25) is 28.8 Å². The highest BCUT2D eigenvalue weighted by molar-refractivity contribution is 8.00. The molecular formula is C37H36Cl3FN2O8S3. The normalized spacial score (nSPS) is 11.0. The molecule has 0 bridgehead atoms. The Bertz CT molecular complexity index is 2070. The molecule has 288 valence electrons. The Kier molecular flexibility index (Phi) is 16.7. The molecule has 0 saturated carbocycles. The summed E-state index contributed by atoms with van der Waals surface area (Å²) in [6.07, 6.45) is 1.30. The Morgan fingerprint density at radius 2 is 1.19 bits per heavy atom. The van der Waals surface area contributed by atoms with Gasteiger partial charge in [-0.15, -0.1) is 34.4 Å². The lowest BCUT2D eigenvalue weighted by molar-refractivity contribution is -0.139. The van der Waals surface area contributed by atoms with E-state index in [2.05, 4.69) is 10.6 Å². The van der Waals surface area contributed by atoms with Crippen molar-refractivity contribution in [3.05, 3.63) is 101 Å². The van der Waals surface area contributed by atoms with Crippen LogP contribution in [0.25, 0.3) is 0 Å². The third-order valence-corrected chi connectivity index (χ3v) is 11.7. The maximum absolute atomic E-state index is 13.3. The van der Waals surface area contributed by atoms with Crippen LogP contribution in [0.1, 0.15) is 82.1 Å². The van der Waals surface area contributed by atoms with Crippen LogP contribution in [0.5, 0.6) is 0 Å². The molecule has 4 rings (SSSR count). The summed E-state index contributed by atoms with van der Waals surface area (Å²) < 4.78 is 13.3. The number of hydrogen-bond donors (Lipinski definition) is 4. The fraction of sp³-hybridized carbons (Fsp3) is 0.297. The summed E-state index contributed by atoms with van der Waals surface area (Å²) in [5, 5.41) is 24.3. The Labute approximate surface area is 338 Å². The van der Waals surface area contributed by atoms with Crippen LogP contribution in [-0.2, 0) is 32.0 Å². The fourth-order valence-corrected chi connectivity index (χ4v) is 7.84. The number of amides is 2. The van der Waals surface area contributed by atoms with Crippen molar-refractivity contribution in [1.29, 1.82) is 0 Å². The minimum absolute atomic E-state index is 0.0268. The lowest BCUT2D eigenvalue weighted by atomic mass is 9.85. The highest BCUT2D eigenvalue weighted by Crippen LogP contribution is 2.34. The first kappa shape index (κ1) is 44.6. The van der Waals surface area contributed by atoms with E-state index in [0.717, 1.165) is 27.6 Å². The van der Waals surface area contributed by atoms with Crippen molar-refractivity contribution in [2.24, 2.45) is 5.41 Å². The van der Waals surface area contributed by atoms with Gasteiger partial charge in [0.25, 0.3) is 0 Å². The molecule has 0 saturated heterocycles. The molecule has 0 radical (unpaired) electrons. The quantitative estimate of drug-likeness (QED) is 0.0803. The van der Waals surface area contributed by atoms with Gasteiger partial charge in [0.2, 0.25) is 11.8 Å². The Morgan fingerprint density at radius 3 is 1.65 bits per heavy atom. The molecule has 0 fully saturated rings. The minimum atomic E-state index is -1.00. The topological polar surface area (TPSA) is 167 Å². The smallest absolute Gasteiger partial charge is 0.313 e. The summed E-state index contributed by atoms with van der Waals surface area (Å²) in [6, 6.07) is 11.8. The van der Waals surface area contributed by atoms with Crippen LogP contribution in [0.2, 0.25) is 15.1 Å².